The number of carbonyl (C=O) groups excluding carboxylic acids is 2. The number of likely N-dealkylation sites (tertiary alicyclic amines) is 1. The summed E-state index contributed by atoms with van der Waals surface area (Å²) in [6.45, 7) is 4.80. The number of carboxylic acid groups (broad SMARTS) is 1. The van der Waals surface area contributed by atoms with Gasteiger partial charge in [0, 0.05) is 11.5 Å². The molecule has 1 aliphatic heterocycles. The molecule has 0 radical (unpaired) electrons. The molecule has 0 saturated carbocycles. The Morgan fingerprint density at radius 3 is 2.27 bits per heavy atom. The highest BCUT2D eigenvalue weighted by Gasteiger charge is 2.69. The maximum Gasteiger partial charge on any atom is 0.305 e. The molecule has 11 nitrogen and oxygen atoms in total. The lowest BCUT2D eigenvalue weighted by Gasteiger charge is -2.42. The van der Waals surface area contributed by atoms with E-state index >= 15 is 0 Å². The maximum atomic E-state index is 14.0. The van der Waals surface area contributed by atoms with Crippen LogP contribution in [0.15, 0.2) is 60.7 Å². The largest absolute Gasteiger partial charge is 0.481 e. The number of rotatable bonds is 13. The van der Waals surface area contributed by atoms with Crippen molar-refractivity contribution >= 4 is 17.8 Å². The van der Waals surface area contributed by atoms with E-state index in [-0.39, 0.29) is 25.5 Å². The first-order chi connectivity index (χ1) is 19.1. The molecular weight excluding hydrogens is 516 g/mol. The topological polar surface area (TPSA) is 165 Å². The number of aliphatic carboxylic acids is 1. The third-order valence-corrected chi connectivity index (χ3v) is 7.88. The van der Waals surface area contributed by atoms with Crippen LogP contribution in [0.4, 0.5) is 0 Å². The second-order valence-corrected chi connectivity index (χ2v) is 10.3. The molecule has 40 heavy (non-hydrogen) atoms. The molecule has 0 spiro atoms. The summed E-state index contributed by atoms with van der Waals surface area (Å²) >= 11 is 0. The van der Waals surface area contributed by atoms with Gasteiger partial charge < -0.3 is 25.8 Å². The highest BCUT2D eigenvalue weighted by Crippen LogP contribution is 2.51. The Morgan fingerprint density at radius 1 is 1.15 bits per heavy atom. The van der Waals surface area contributed by atoms with Crippen LogP contribution in [0.5, 0.6) is 0 Å². The second-order valence-electron chi connectivity index (χ2n) is 10.3. The molecule has 11 heteroatoms. The van der Waals surface area contributed by atoms with Gasteiger partial charge in [0.25, 0.3) is 0 Å². The second kappa shape index (κ2) is 13.5. The van der Waals surface area contributed by atoms with Gasteiger partial charge in [0.2, 0.25) is 17.9 Å². The van der Waals surface area contributed by atoms with Gasteiger partial charge >= 0.3 is 5.97 Å². The highest BCUT2D eigenvalue weighted by molar-refractivity contribution is 5.93. The Labute approximate surface area is 233 Å². The highest BCUT2D eigenvalue weighted by atomic mass is 16.6. The quantitative estimate of drug-likeness (QED) is 0.251. The average Bonchev–Trinajstić information content (AvgIpc) is 3.23. The number of amides is 2. The summed E-state index contributed by atoms with van der Waals surface area (Å²) in [6.07, 6.45) is -0.562. The first-order valence-corrected chi connectivity index (χ1v) is 13.4. The van der Waals surface area contributed by atoms with E-state index in [1.165, 1.54) is 11.8 Å². The summed E-state index contributed by atoms with van der Waals surface area (Å²) in [5, 5.41) is 24.7. The Hall–Kier alpha value is -3.83. The number of nitro groups is 1. The molecule has 1 heterocycles. The van der Waals surface area contributed by atoms with Gasteiger partial charge in [0.05, 0.1) is 31.6 Å². The monoisotopic (exact) mass is 554 g/mol. The minimum atomic E-state index is -1.78. The van der Waals surface area contributed by atoms with Crippen LogP contribution in [-0.4, -0.2) is 63.5 Å². The molecule has 6 atom stereocenters. The number of carbonyl (C=O) groups is 3. The van der Waals surface area contributed by atoms with Crippen LogP contribution in [0.3, 0.4) is 0 Å². The molecular formula is C29H38N4O7. The van der Waals surface area contributed by atoms with E-state index in [1.807, 2.05) is 44.2 Å². The van der Waals surface area contributed by atoms with Crippen LogP contribution >= 0.6 is 0 Å². The molecule has 5 unspecified atom stereocenters. The number of ether oxygens (including phenoxy) is 1. The van der Waals surface area contributed by atoms with E-state index < -0.39 is 58.9 Å². The number of hydrogen-bond donors (Lipinski definition) is 3. The maximum absolute atomic E-state index is 14.0. The molecule has 2 aromatic rings. The van der Waals surface area contributed by atoms with Crippen molar-refractivity contribution in [1.82, 2.24) is 10.2 Å². The van der Waals surface area contributed by atoms with Gasteiger partial charge in [0.15, 0.2) is 0 Å². The lowest BCUT2D eigenvalue weighted by molar-refractivity contribution is -0.536. The van der Waals surface area contributed by atoms with Gasteiger partial charge in [-0.05, 0) is 24.0 Å². The fourth-order valence-corrected chi connectivity index (χ4v) is 5.74. The zero-order chi connectivity index (χ0) is 29.4. The molecule has 1 saturated heterocycles. The van der Waals surface area contributed by atoms with Crippen LogP contribution < -0.4 is 11.1 Å². The zero-order valence-corrected chi connectivity index (χ0v) is 23.1. The number of nitrogens with zero attached hydrogens (tertiary/aromatic N) is 2. The molecule has 0 aromatic heterocycles. The van der Waals surface area contributed by atoms with E-state index in [4.69, 9.17) is 15.6 Å². The van der Waals surface area contributed by atoms with E-state index in [0.29, 0.717) is 12.0 Å². The molecule has 1 aliphatic rings. The van der Waals surface area contributed by atoms with Gasteiger partial charge in [0.1, 0.15) is 11.6 Å². The third kappa shape index (κ3) is 6.31. The molecule has 0 bridgehead atoms. The van der Waals surface area contributed by atoms with Crippen molar-refractivity contribution in [1.29, 1.82) is 0 Å². The minimum Gasteiger partial charge on any atom is -0.481 e. The fourth-order valence-electron chi connectivity index (χ4n) is 5.74. The first kappa shape index (κ1) is 30.7. The van der Waals surface area contributed by atoms with Crippen molar-refractivity contribution in [2.24, 2.45) is 17.6 Å². The number of nitrogens with two attached hydrogens (primary N) is 1. The van der Waals surface area contributed by atoms with Crippen LogP contribution in [-0.2, 0) is 25.7 Å². The number of benzene rings is 2. The molecule has 4 N–H and O–H groups in total. The van der Waals surface area contributed by atoms with Crippen LogP contribution in [0, 0.1) is 22.0 Å². The SMILES string of the molecule is CC[C@H](C)C(OCc1ccccc1)C1C([N+](=O)[O-])C(c2ccccc2)N(C(=O)CN)C1(C)C(=O)NCCC(=O)O. The first-order valence-electron chi connectivity index (χ1n) is 13.4. The molecule has 1 fully saturated rings. The van der Waals surface area contributed by atoms with Crippen molar-refractivity contribution in [3.05, 3.63) is 81.9 Å². The van der Waals surface area contributed by atoms with Crippen molar-refractivity contribution < 1.29 is 29.2 Å². The summed E-state index contributed by atoms with van der Waals surface area (Å²) in [6, 6.07) is 15.4. The summed E-state index contributed by atoms with van der Waals surface area (Å²) in [5.41, 5.74) is 5.38. The predicted octanol–water partition coefficient (Wildman–Crippen LogP) is 2.77. The smallest absolute Gasteiger partial charge is 0.305 e. The van der Waals surface area contributed by atoms with Crippen LogP contribution in [0.25, 0.3) is 0 Å². The molecule has 0 aliphatic carbocycles. The average molecular weight is 555 g/mol. The predicted molar refractivity (Wildman–Crippen MR) is 147 cm³/mol. The Morgan fingerprint density at radius 2 is 1.75 bits per heavy atom. The van der Waals surface area contributed by atoms with Crippen molar-refractivity contribution in [3.8, 4) is 0 Å². The van der Waals surface area contributed by atoms with E-state index in [2.05, 4.69) is 5.32 Å². The van der Waals surface area contributed by atoms with Crippen LogP contribution in [0.1, 0.15) is 50.8 Å². The molecule has 3 rings (SSSR count). The lowest BCUT2D eigenvalue weighted by atomic mass is 9.74. The molecule has 216 valence electrons. The Kier molecular flexibility index (Phi) is 10.4. The number of hydrogen-bond acceptors (Lipinski definition) is 7. The summed E-state index contributed by atoms with van der Waals surface area (Å²) in [5.74, 6) is -3.76. The van der Waals surface area contributed by atoms with E-state index in [1.54, 1.807) is 30.3 Å². The van der Waals surface area contributed by atoms with Crippen molar-refractivity contribution in [2.45, 2.75) is 63.9 Å². The van der Waals surface area contributed by atoms with Crippen molar-refractivity contribution in [2.75, 3.05) is 13.1 Å². The van der Waals surface area contributed by atoms with Crippen LogP contribution in [0.2, 0.25) is 0 Å². The lowest BCUT2D eigenvalue weighted by Crippen LogP contribution is -2.63. The third-order valence-electron chi connectivity index (χ3n) is 7.88. The summed E-state index contributed by atoms with van der Waals surface area (Å²) in [4.78, 5) is 52.4. The van der Waals surface area contributed by atoms with E-state index in [0.717, 1.165) is 5.56 Å². The van der Waals surface area contributed by atoms with Gasteiger partial charge in [-0.2, -0.15) is 0 Å². The normalized spacial score (nSPS) is 23.8. The van der Waals surface area contributed by atoms with Gasteiger partial charge in [-0.25, -0.2) is 0 Å². The fraction of sp³-hybridized carbons (Fsp3) is 0.483. The van der Waals surface area contributed by atoms with Gasteiger partial charge in [-0.3, -0.25) is 24.5 Å². The number of nitrogens with one attached hydrogen (secondary N) is 1. The zero-order valence-electron chi connectivity index (χ0n) is 23.1. The van der Waals surface area contributed by atoms with Gasteiger partial charge in [-0.15, -0.1) is 0 Å². The number of carboxylic acids is 1. The minimum absolute atomic E-state index is 0.147. The summed E-state index contributed by atoms with van der Waals surface area (Å²) in [7, 11) is 0. The van der Waals surface area contributed by atoms with Gasteiger partial charge in [-0.1, -0.05) is 80.9 Å². The van der Waals surface area contributed by atoms with E-state index in [9.17, 15) is 24.5 Å². The molecule has 2 aromatic carbocycles. The summed E-state index contributed by atoms with van der Waals surface area (Å²) < 4.78 is 6.43. The Balaban J connectivity index is 2.23. The van der Waals surface area contributed by atoms with Crippen molar-refractivity contribution in [3.63, 3.8) is 0 Å². The molecule has 2 amide bonds. The Bertz CT molecular complexity index is 1180. The standard InChI is InChI=1S/C29H38N4O7/c1-4-19(2)27(40-18-20-11-7-5-8-12-20)24-26(33(38)39)25(21-13-9-6-10-14-21)32(22(34)17-30)29(24,3)28(37)31-16-15-23(35)36/h5-14,19,24-27H,4,15-18,30H2,1-3H3,(H,31,37)(H,35,36)/t19-,24?,25?,26?,27?,29?/m0/s1.